The van der Waals surface area contributed by atoms with Crippen molar-refractivity contribution in [1.82, 2.24) is 5.32 Å². The molecule has 98 valence electrons. The summed E-state index contributed by atoms with van der Waals surface area (Å²) in [6.45, 7) is 11.2. The molecule has 0 aliphatic heterocycles. The summed E-state index contributed by atoms with van der Waals surface area (Å²) in [6.07, 6.45) is 2.43. The van der Waals surface area contributed by atoms with E-state index in [1.165, 1.54) is 6.42 Å². The van der Waals surface area contributed by atoms with Crippen LogP contribution in [0.5, 0.6) is 0 Å². The van der Waals surface area contributed by atoms with Crippen molar-refractivity contribution in [3.63, 3.8) is 0 Å². The van der Waals surface area contributed by atoms with Crippen molar-refractivity contribution in [3.8, 4) is 0 Å². The van der Waals surface area contributed by atoms with Crippen LogP contribution in [-0.2, 0) is 9.47 Å². The first-order valence-electron chi connectivity index (χ1n) is 6.48. The predicted molar refractivity (Wildman–Crippen MR) is 68.8 cm³/mol. The van der Waals surface area contributed by atoms with Crippen LogP contribution in [0.15, 0.2) is 0 Å². The Hall–Kier alpha value is -0.120. The summed E-state index contributed by atoms with van der Waals surface area (Å²) in [5.74, 6) is 1.50. The van der Waals surface area contributed by atoms with E-state index < -0.39 is 0 Å². The van der Waals surface area contributed by atoms with E-state index in [0.717, 1.165) is 38.0 Å². The number of hydrogen-bond donors (Lipinski definition) is 1. The minimum absolute atomic E-state index is 0.696. The standard InChI is InChI=1S/C13H29NO2/c1-5-14-11-13(10-12(2)3)6-7-16-9-8-15-4/h12-14H,5-11H2,1-4H3. The molecule has 0 saturated carbocycles. The largest absolute Gasteiger partial charge is 0.382 e. The fourth-order valence-electron chi connectivity index (χ4n) is 1.81. The van der Waals surface area contributed by atoms with E-state index in [4.69, 9.17) is 9.47 Å². The molecule has 0 aromatic heterocycles. The van der Waals surface area contributed by atoms with Gasteiger partial charge in [0.15, 0.2) is 0 Å². The molecular weight excluding hydrogens is 202 g/mol. The second kappa shape index (κ2) is 11.4. The molecule has 0 aromatic carbocycles. The van der Waals surface area contributed by atoms with E-state index in [0.29, 0.717) is 13.2 Å². The first-order chi connectivity index (χ1) is 7.70. The summed E-state index contributed by atoms with van der Waals surface area (Å²) in [5, 5.41) is 3.43. The normalized spacial score (nSPS) is 13.3. The van der Waals surface area contributed by atoms with Gasteiger partial charge in [0, 0.05) is 13.7 Å². The summed E-state index contributed by atoms with van der Waals surface area (Å²) < 4.78 is 10.5. The van der Waals surface area contributed by atoms with Crippen LogP contribution in [0.1, 0.15) is 33.6 Å². The molecule has 0 heterocycles. The topological polar surface area (TPSA) is 30.5 Å². The number of nitrogens with one attached hydrogen (secondary N) is 1. The Labute approximate surface area is 101 Å². The van der Waals surface area contributed by atoms with Crippen molar-refractivity contribution < 1.29 is 9.47 Å². The molecule has 0 radical (unpaired) electrons. The van der Waals surface area contributed by atoms with Gasteiger partial charge in [-0.25, -0.2) is 0 Å². The minimum atomic E-state index is 0.696. The third-order valence-corrected chi connectivity index (χ3v) is 2.59. The summed E-state index contributed by atoms with van der Waals surface area (Å²) in [4.78, 5) is 0. The molecule has 0 fully saturated rings. The Morgan fingerprint density at radius 3 is 2.44 bits per heavy atom. The maximum Gasteiger partial charge on any atom is 0.0700 e. The van der Waals surface area contributed by atoms with Crippen molar-refractivity contribution in [3.05, 3.63) is 0 Å². The summed E-state index contributed by atoms with van der Waals surface area (Å²) in [6, 6.07) is 0. The molecule has 3 nitrogen and oxygen atoms in total. The monoisotopic (exact) mass is 231 g/mol. The predicted octanol–water partition coefficient (Wildman–Crippen LogP) is 2.31. The molecule has 0 aromatic rings. The van der Waals surface area contributed by atoms with Gasteiger partial charge in [0.25, 0.3) is 0 Å². The number of rotatable bonds is 11. The van der Waals surface area contributed by atoms with E-state index in [1.807, 2.05) is 0 Å². The van der Waals surface area contributed by atoms with Crippen LogP contribution in [0.4, 0.5) is 0 Å². The van der Waals surface area contributed by atoms with Crippen LogP contribution in [0, 0.1) is 11.8 Å². The van der Waals surface area contributed by atoms with E-state index in [1.54, 1.807) is 7.11 Å². The van der Waals surface area contributed by atoms with Crippen LogP contribution < -0.4 is 5.32 Å². The Morgan fingerprint density at radius 1 is 1.12 bits per heavy atom. The van der Waals surface area contributed by atoms with Gasteiger partial charge in [0.05, 0.1) is 13.2 Å². The average Bonchev–Trinajstić information content (AvgIpc) is 2.24. The van der Waals surface area contributed by atoms with E-state index in [2.05, 4.69) is 26.1 Å². The van der Waals surface area contributed by atoms with Crippen LogP contribution in [-0.4, -0.2) is 40.0 Å². The second-order valence-electron chi connectivity index (χ2n) is 4.70. The summed E-state index contributed by atoms with van der Waals surface area (Å²) in [7, 11) is 1.70. The van der Waals surface area contributed by atoms with Crippen molar-refractivity contribution in [2.45, 2.75) is 33.6 Å². The zero-order chi connectivity index (χ0) is 12.2. The molecule has 0 saturated heterocycles. The quantitative estimate of drug-likeness (QED) is 0.554. The maximum atomic E-state index is 5.51. The van der Waals surface area contributed by atoms with Crippen LogP contribution in [0.25, 0.3) is 0 Å². The fraction of sp³-hybridized carbons (Fsp3) is 1.00. The van der Waals surface area contributed by atoms with Gasteiger partial charge < -0.3 is 14.8 Å². The third-order valence-electron chi connectivity index (χ3n) is 2.59. The van der Waals surface area contributed by atoms with Crippen molar-refractivity contribution >= 4 is 0 Å². The second-order valence-corrected chi connectivity index (χ2v) is 4.70. The summed E-state index contributed by atoms with van der Waals surface area (Å²) >= 11 is 0. The number of ether oxygens (including phenoxy) is 2. The highest BCUT2D eigenvalue weighted by molar-refractivity contribution is 4.64. The molecule has 16 heavy (non-hydrogen) atoms. The zero-order valence-corrected chi connectivity index (χ0v) is 11.4. The van der Waals surface area contributed by atoms with Gasteiger partial charge in [-0.1, -0.05) is 20.8 Å². The molecule has 1 atom stereocenters. The van der Waals surface area contributed by atoms with Crippen LogP contribution in [0.3, 0.4) is 0 Å². The lowest BCUT2D eigenvalue weighted by Crippen LogP contribution is -2.25. The first-order valence-corrected chi connectivity index (χ1v) is 6.48. The Bertz CT molecular complexity index is 140. The molecule has 1 unspecified atom stereocenters. The fourth-order valence-corrected chi connectivity index (χ4v) is 1.81. The van der Waals surface area contributed by atoms with Crippen LogP contribution >= 0.6 is 0 Å². The van der Waals surface area contributed by atoms with E-state index in [-0.39, 0.29) is 0 Å². The highest BCUT2D eigenvalue weighted by Crippen LogP contribution is 2.14. The molecule has 0 bridgehead atoms. The lowest BCUT2D eigenvalue weighted by atomic mass is 9.94. The van der Waals surface area contributed by atoms with Gasteiger partial charge in [-0.05, 0) is 37.8 Å². The van der Waals surface area contributed by atoms with Gasteiger partial charge in [-0.15, -0.1) is 0 Å². The van der Waals surface area contributed by atoms with Gasteiger partial charge in [-0.2, -0.15) is 0 Å². The minimum Gasteiger partial charge on any atom is -0.382 e. The van der Waals surface area contributed by atoms with Gasteiger partial charge in [-0.3, -0.25) is 0 Å². The smallest absolute Gasteiger partial charge is 0.0700 e. The highest BCUT2D eigenvalue weighted by Gasteiger charge is 2.10. The average molecular weight is 231 g/mol. The molecule has 0 rings (SSSR count). The van der Waals surface area contributed by atoms with Gasteiger partial charge in [0.2, 0.25) is 0 Å². The summed E-state index contributed by atoms with van der Waals surface area (Å²) in [5.41, 5.74) is 0. The Balaban J connectivity index is 3.56. The Morgan fingerprint density at radius 2 is 1.88 bits per heavy atom. The zero-order valence-electron chi connectivity index (χ0n) is 11.4. The van der Waals surface area contributed by atoms with Gasteiger partial charge >= 0.3 is 0 Å². The molecule has 3 heteroatoms. The lowest BCUT2D eigenvalue weighted by molar-refractivity contribution is 0.0623. The molecule has 0 aliphatic carbocycles. The van der Waals surface area contributed by atoms with Gasteiger partial charge in [0.1, 0.15) is 0 Å². The third kappa shape index (κ3) is 10.4. The molecule has 0 spiro atoms. The Kier molecular flexibility index (Phi) is 11.3. The SMILES string of the molecule is CCNCC(CCOCCOC)CC(C)C. The number of hydrogen-bond acceptors (Lipinski definition) is 3. The van der Waals surface area contributed by atoms with Crippen molar-refractivity contribution in [2.24, 2.45) is 11.8 Å². The molecule has 1 N–H and O–H groups in total. The molecule has 0 amide bonds. The van der Waals surface area contributed by atoms with E-state index in [9.17, 15) is 0 Å². The van der Waals surface area contributed by atoms with Crippen LogP contribution in [0.2, 0.25) is 0 Å². The number of methoxy groups -OCH3 is 1. The first kappa shape index (κ1) is 15.9. The van der Waals surface area contributed by atoms with Crippen molar-refractivity contribution in [1.29, 1.82) is 0 Å². The molecular formula is C13H29NO2. The van der Waals surface area contributed by atoms with E-state index >= 15 is 0 Å². The highest BCUT2D eigenvalue weighted by atomic mass is 16.5. The maximum absolute atomic E-state index is 5.51. The van der Waals surface area contributed by atoms with Crippen molar-refractivity contribution in [2.75, 3.05) is 40.0 Å². The molecule has 0 aliphatic rings. The lowest BCUT2D eigenvalue weighted by Gasteiger charge is -2.19.